The third kappa shape index (κ3) is 4.50. The van der Waals surface area contributed by atoms with Crippen molar-refractivity contribution in [1.82, 2.24) is 9.88 Å². The minimum Gasteiger partial charge on any atom is -0.491 e. The summed E-state index contributed by atoms with van der Waals surface area (Å²) in [5, 5.41) is 21.5. The smallest absolute Gasteiger partial charge is 0.143 e. The molecule has 1 N–H and O–H groups in total. The molecule has 1 fully saturated rings. The number of likely N-dealkylation sites (tertiary alicyclic amines) is 1. The predicted octanol–water partition coefficient (Wildman–Crippen LogP) is 2.64. The highest BCUT2D eigenvalue weighted by Crippen LogP contribution is 2.19. The Kier molecular flexibility index (Phi) is 6.03. The first-order chi connectivity index (χ1) is 12.8. The first-order valence-electron chi connectivity index (χ1n) is 8.73. The Balaban J connectivity index is 1.42. The SMILES string of the molecule is N#Cc1ccccc1OCCN1CCC(CNc2ncccc2C#N)C1. The number of nitrogens with one attached hydrogen (secondary N) is 1. The van der Waals surface area contributed by atoms with E-state index in [1.807, 2.05) is 18.2 Å². The largest absolute Gasteiger partial charge is 0.491 e. The summed E-state index contributed by atoms with van der Waals surface area (Å²) in [6.07, 6.45) is 2.80. The van der Waals surface area contributed by atoms with Crippen LogP contribution in [-0.2, 0) is 0 Å². The molecule has 0 saturated carbocycles. The summed E-state index contributed by atoms with van der Waals surface area (Å²) in [4.78, 5) is 6.60. The van der Waals surface area contributed by atoms with Crippen LogP contribution in [0.25, 0.3) is 0 Å². The number of aromatic nitrogens is 1. The molecule has 1 aromatic heterocycles. The lowest BCUT2D eigenvalue weighted by atomic mass is 10.1. The maximum absolute atomic E-state index is 9.11. The molecule has 0 aliphatic carbocycles. The molecule has 1 atom stereocenters. The average Bonchev–Trinajstić information content (AvgIpc) is 3.14. The van der Waals surface area contributed by atoms with Crippen LogP contribution in [0.4, 0.5) is 5.82 Å². The zero-order chi connectivity index (χ0) is 18.2. The number of hydrogen-bond acceptors (Lipinski definition) is 6. The Hall–Kier alpha value is -3.09. The molecule has 2 aromatic rings. The van der Waals surface area contributed by atoms with Crippen molar-refractivity contribution in [2.45, 2.75) is 6.42 Å². The molecular formula is C20H21N5O. The van der Waals surface area contributed by atoms with Crippen LogP contribution in [0.2, 0.25) is 0 Å². The number of anilines is 1. The van der Waals surface area contributed by atoms with Crippen molar-refractivity contribution in [3.8, 4) is 17.9 Å². The number of pyridine rings is 1. The Labute approximate surface area is 153 Å². The minimum atomic E-state index is 0.523. The summed E-state index contributed by atoms with van der Waals surface area (Å²) in [5.41, 5.74) is 1.14. The highest BCUT2D eigenvalue weighted by molar-refractivity contribution is 5.51. The number of nitrogens with zero attached hydrogens (tertiary/aromatic N) is 4. The lowest BCUT2D eigenvalue weighted by Gasteiger charge is -2.17. The zero-order valence-corrected chi connectivity index (χ0v) is 14.6. The third-order valence-electron chi connectivity index (χ3n) is 4.53. The molecule has 3 rings (SSSR count). The van der Waals surface area contributed by atoms with Crippen LogP contribution in [0.5, 0.6) is 5.75 Å². The highest BCUT2D eigenvalue weighted by Gasteiger charge is 2.22. The first-order valence-corrected chi connectivity index (χ1v) is 8.73. The molecule has 1 unspecified atom stereocenters. The van der Waals surface area contributed by atoms with Gasteiger partial charge < -0.3 is 10.1 Å². The predicted molar refractivity (Wildman–Crippen MR) is 98.6 cm³/mol. The molecule has 6 nitrogen and oxygen atoms in total. The van der Waals surface area contributed by atoms with Gasteiger partial charge in [0.25, 0.3) is 0 Å². The van der Waals surface area contributed by atoms with Crippen molar-refractivity contribution in [3.63, 3.8) is 0 Å². The van der Waals surface area contributed by atoms with E-state index in [2.05, 4.69) is 27.3 Å². The van der Waals surface area contributed by atoms with E-state index in [-0.39, 0.29) is 0 Å². The van der Waals surface area contributed by atoms with E-state index in [0.29, 0.717) is 35.2 Å². The van der Waals surface area contributed by atoms with Gasteiger partial charge >= 0.3 is 0 Å². The van der Waals surface area contributed by atoms with Gasteiger partial charge in [0.1, 0.15) is 30.3 Å². The molecule has 1 saturated heterocycles. The second-order valence-electron chi connectivity index (χ2n) is 6.30. The van der Waals surface area contributed by atoms with E-state index in [9.17, 15) is 0 Å². The number of ether oxygens (including phenoxy) is 1. The normalized spacial score (nSPS) is 16.6. The molecule has 0 radical (unpaired) electrons. The van der Waals surface area contributed by atoms with Gasteiger partial charge in [-0.15, -0.1) is 0 Å². The van der Waals surface area contributed by atoms with Gasteiger partial charge in [0.2, 0.25) is 0 Å². The van der Waals surface area contributed by atoms with Crippen LogP contribution in [0.3, 0.4) is 0 Å². The second-order valence-corrected chi connectivity index (χ2v) is 6.30. The van der Waals surface area contributed by atoms with Gasteiger partial charge in [0.05, 0.1) is 11.1 Å². The number of nitriles is 2. The van der Waals surface area contributed by atoms with Gasteiger partial charge in [-0.3, -0.25) is 4.90 Å². The Morgan fingerprint density at radius 2 is 1.96 bits per heavy atom. The van der Waals surface area contributed by atoms with Crippen LogP contribution < -0.4 is 10.1 Å². The van der Waals surface area contributed by atoms with Crippen LogP contribution in [0.1, 0.15) is 17.5 Å². The molecule has 132 valence electrons. The van der Waals surface area contributed by atoms with Gasteiger partial charge in [0.15, 0.2) is 0 Å². The minimum absolute atomic E-state index is 0.523. The molecule has 2 heterocycles. The Bertz CT molecular complexity index is 823. The van der Waals surface area contributed by atoms with E-state index in [1.54, 1.807) is 24.4 Å². The quantitative estimate of drug-likeness (QED) is 0.829. The van der Waals surface area contributed by atoms with E-state index in [1.165, 1.54) is 0 Å². The molecule has 0 bridgehead atoms. The van der Waals surface area contributed by atoms with E-state index >= 15 is 0 Å². The molecule has 6 heteroatoms. The molecule has 1 aromatic carbocycles. The standard InChI is InChI=1S/C20H21N5O/c21-12-17-4-1-2-6-19(17)26-11-10-25-9-7-16(15-25)14-24-20-18(13-22)5-3-8-23-20/h1-6,8,16H,7,9-11,14-15H2,(H,23,24). The summed E-state index contributed by atoms with van der Waals surface area (Å²) >= 11 is 0. The van der Waals surface area contributed by atoms with Gasteiger partial charge in [-0.05, 0) is 43.1 Å². The molecule has 1 aliphatic heterocycles. The fraction of sp³-hybridized carbons (Fsp3) is 0.350. The highest BCUT2D eigenvalue weighted by atomic mass is 16.5. The van der Waals surface area contributed by atoms with Gasteiger partial charge in [-0.25, -0.2) is 4.98 Å². The second kappa shape index (κ2) is 8.84. The molecule has 0 spiro atoms. The third-order valence-corrected chi connectivity index (χ3v) is 4.53. The van der Waals surface area contributed by atoms with Crippen molar-refractivity contribution in [3.05, 3.63) is 53.7 Å². The fourth-order valence-corrected chi connectivity index (χ4v) is 3.13. The molecular weight excluding hydrogens is 326 g/mol. The van der Waals surface area contributed by atoms with Crippen molar-refractivity contribution in [1.29, 1.82) is 10.5 Å². The number of hydrogen-bond donors (Lipinski definition) is 1. The number of rotatable bonds is 7. The van der Waals surface area contributed by atoms with E-state index in [4.69, 9.17) is 15.3 Å². The Morgan fingerprint density at radius 3 is 2.81 bits per heavy atom. The molecule has 26 heavy (non-hydrogen) atoms. The summed E-state index contributed by atoms with van der Waals surface area (Å²) in [6, 6.07) is 15.1. The lowest BCUT2D eigenvalue weighted by Crippen LogP contribution is -2.27. The van der Waals surface area contributed by atoms with Crippen molar-refractivity contribution in [2.75, 3.05) is 38.1 Å². The van der Waals surface area contributed by atoms with Crippen LogP contribution in [-0.4, -0.2) is 42.7 Å². The van der Waals surface area contributed by atoms with Crippen molar-refractivity contribution < 1.29 is 4.74 Å². The lowest BCUT2D eigenvalue weighted by molar-refractivity contribution is 0.233. The molecule has 1 aliphatic rings. The van der Waals surface area contributed by atoms with Gasteiger partial charge in [-0.2, -0.15) is 10.5 Å². The summed E-state index contributed by atoms with van der Waals surface area (Å²) in [6.45, 7) is 4.23. The van der Waals surface area contributed by atoms with Gasteiger partial charge in [-0.1, -0.05) is 12.1 Å². The van der Waals surface area contributed by atoms with Crippen LogP contribution in [0, 0.1) is 28.6 Å². The van der Waals surface area contributed by atoms with E-state index in [0.717, 1.165) is 32.6 Å². The fourth-order valence-electron chi connectivity index (χ4n) is 3.13. The van der Waals surface area contributed by atoms with E-state index < -0.39 is 0 Å². The van der Waals surface area contributed by atoms with Crippen molar-refractivity contribution >= 4 is 5.82 Å². The zero-order valence-electron chi connectivity index (χ0n) is 14.6. The number of para-hydroxylation sites is 1. The topological polar surface area (TPSA) is 85.0 Å². The van der Waals surface area contributed by atoms with Crippen LogP contribution in [0.15, 0.2) is 42.6 Å². The summed E-state index contributed by atoms with van der Waals surface area (Å²) in [7, 11) is 0. The van der Waals surface area contributed by atoms with Gasteiger partial charge in [0, 0.05) is 25.8 Å². The number of benzene rings is 1. The summed E-state index contributed by atoms with van der Waals surface area (Å²) < 4.78 is 5.76. The summed E-state index contributed by atoms with van der Waals surface area (Å²) in [5.74, 6) is 1.83. The average molecular weight is 347 g/mol. The maximum atomic E-state index is 9.11. The Morgan fingerprint density at radius 1 is 1.15 bits per heavy atom. The molecule has 0 amide bonds. The maximum Gasteiger partial charge on any atom is 0.143 e. The first kappa shape index (κ1) is 17.7. The monoisotopic (exact) mass is 347 g/mol. The van der Waals surface area contributed by atoms with Crippen LogP contribution >= 0.6 is 0 Å². The van der Waals surface area contributed by atoms with Crippen molar-refractivity contribution in [2.24, 2.45) is 5.92 Å².